The molecule has 0 radical (unpaired) electrons. The van der Waals surface area contributed by atoms with Crippen molar-refractivity contribution in [3.05, 3.63) is 212 Å². The normalized spacial score (nSPS) is 11.8. The van der Waals surface area contributed by atoms with E-state index >= 15 is 0 Å². The van der Waals surface area contributed by atoms with Gasteiger partial charge >= 0.3 is 0 Å². The van der Waals surface area contributed by atoms with Gasteiger partial charge in [-0.3, -0.25) is 0 Å². The van der Waals surface area contributed by atoms with E-state index in [1.807, 2.05) is 18.2 Å². The number of para-hydroxylation sites is 4. The van der Waals surface area contributed by atoms with Crippen LogP contribution in [0.3, 0.4) is 0 Å². The van der Waals surface area contributed by atoms with Gasteiger partial charge in [0.2, 0.25) is 0 Å². The molecule has 0 fully saturated rings. The van der Waals surface area contributed by atoms with Gasteiger partial charge in [-0.25, -0.2) is 0 Å². The van der Waals surface area contributed by atoms with Crippen molar-refractivity contribution < 1.29 is 9.47 Å². The monoisotopic (exact) mass is 729 g/mol. The standard InChI is InChI=1S/C54H35NO2/c1-2-14-36(15-3-1)37-28-32-39(33-29-37)55(49-24-13-23-47-43-17-5-4-16-42(43)44-18-6-10-26-51(44)57-54(47)49)40-34-30-38(31-35-40)41-21-12-22-46-45-19-7-9-25-50(45)56-52-27-11-8-20-48(52)53(41)46/h1-35H. The Labute approximate surface area is 332 Å². The van der Waals surface area contributed by atoms with Crippen LogP contribution in [-0.2, 0) is 0 Å². The second-order valence-electron chi connectivity index (χ2n) is 14.4. The lowest BCUT2D eigenvalue weighted by Gasteiger charge is -2.28. The fraction of sp³-hybridized carbons (Fsp3) is 0. The van der Waals surface area contributed by atoms with E-state index in [1.165, 1.54) is 11.1 Å². The van der Waals surface area contributed by atoms with Gasteiger partial charge in [-0.1, -0.05) is 164 Å². The number of anilines is 3. The summed E-state index contributed by atoms with van der Waals surface area (Å²) in [6.45, 7) is 0. The van der Waals surface area contributed by atoms with Crippen molar-refractivity contribution in [1.29, 1.82) is 0 Å². The molecule has 0 N–H and O–H groups in total. The molecule has 0 amide bonds. The summed E-state index contributed by atoms with van der Waals surface area (Å²) < 4.78 is 13.5. The van der Waals surface area contributed by atoms with Gasteiger partial charge in [0, 0.05) is 39.2 Å². The highest BCUT2D eigenvalue weighted by molar-refractivity contribution is 6.00. The lowest BCUT2D eigenvalue weighted by Crippen LogP contribution is -2.11. The molecule has 0 aliphatic carbocycles. The van der Waals surface area contributed by atoms with Crippen molar-refractivity contribution in [2.24, 2.45) is 0 Å². The van der Waals surface area contributed by atoms with Gasteiger partial charge in [0.1, 0.15) is 17.2 Å². The van der Waals surface area contributed by atoms with Crippen molar-refractivity contribution in [2.75, 3.05) is 4.90 Å². The smallest absolute Gasteiger partial charge is 0.159 e. The molecular weight excluding hydrogens is 695 g/mol. The fourth-order valence-corrected chi connectivity index (χ4v) is 8.48. The van der Waals surface area contributed by atoms with E-state index in [2.05, 4.69) is 199 Å². The van der Waals surface area contributed by atoms with E-state index < -0.39 is 0 Å². The van der Waals surface area contributed by atoms with E-state index in [0.717, 1.165) is 95.7 Å². The van der Waals surface area contributed by atoms with Gasteiger partial charge < -0.3 is 14.4 Å². The van der Waals surface area contributed by atoms with Crippen LogP contribution in [0.4, 0.5) is 17.1 Å². The van der Waals surface area contributed by atoms with Gasteiger partial charge in [0.15, 0.2) is 5.75 Å². The number of hydrogen-bond acceptors (Lipinski definition) is 3. The first-order valence-electron chi connectivity index (χ1n) is 19.3. The lowest BCUT2D eigenvalue weighted by atomic mass is 9.87. The van der Waals surface area contributed by atoms with Crippen LogP contribution in [0, 0.1) is 0 Å². The maximum atomic E-state index is 7.01. The third kappa shape index (κ3) is 5.60. The predicted octanol–water partition coefficient (Wildman–Crippen LogP) is 15.4. The minimum atomic E-state index is 0.815. The van der Waals surface area contributed by atoms with E-state index in [4.69, 9.17) is 9.47 Å². The van der Waals surface area contributed by atoms with Crippen LogP contribution >= 0.6 is 0 Å². The van der Waals surface area contributed by atoms with Crippen LogP contribution in [0.25, 0.3) is 66.8 Å². The Hall–Kier alpha value is -7.62. The van der Waals surface area contributed by atoms with Gasteiger partial charge in [-0.2, -0.15) is 0 Å². The Kier molecular flexibility index (Phi) is 7.82. The van der Waals surface area contributed by atoms with Gasteiger partial charge in [-0.05, 0) is 87.5 Å². The molecule has 0 saturated carbocycles. The highest BCUT2D eigenvalue weighted by Gasteiger charge is 2.27. The first kappa shape index (κ1) is 32.8. The maximum Gasteiger partial charge on any atom is 0.159 e. The van der Waals surface area contributed by atoms with Crippen molar-refractivity contribution in [3.8, 4) is 89.8 Å². The number of hydrogen-bond donors (Lipinski definition) is 0. The van der Waals surface area contributed by atoms with Crippen molar-refractivity contribution >= 4 is 17.1 Å². The number of benzene rings is 9. The second-order valence-corrected chi connectivity index (χ2v) is 14.4. The fourth-order valence-electron chi connectivity index (χ4n) is 8.48. The number of fused-ring (bicyclic) bond motifs is 10. The highest BCUT2D eigenvalue weighted by atomic mass is 16.5. The molecule has 57 heavy (non-hydrogen) atoms. The minimum Gasteiger partial charge on any atom is -0.456 e. The molecule has 11 rings (SSSR count). The topological polar surface area (TPSA) is 21.7 Å². The minimum absolute atomic E-state index is 0.815. The molecule has 3 nitrogen and oxygen atoms in total. The van der Waals surface area contributed by atoms with Gasteiger partial charge in [-0.15, -0.1) is 0 Å². The molecule has 2 heterocycles. The van der Waals surface area contributed by atoms with Crippen LogP contribution in [0.1, 0.15) is 0 Å². The van der Waals surface area contributed by atoms with Crippen molar-refractivity contribution in [2.45, 2.75) is 0 Å². The van der Waals surface area contributed by atoms with Crippen LogP contribution in [0.2, 0.25) is 0 Å². The molecular formula is C54H35NO2. The third-order valence-electron chi connectivity index (χ3n) is 11.1. The summed E-state index contributed by atoms with van der Waals surface area (Å²) in [5.74, 6) is 3.36. The van der Waals surface area contributed by atoms with Crippen molar-refractivity contribution in [3.63, 3.8) is 0 Å². The third-order valence-corrected chi connectivity index (χ3v) is 11.1. The van der Waals surface area contributed by atoms with E-state index in [9.17, 15) is 0 Å². The Morgan fingerprint density at radius 3 is 1.39 bits per heavy atom. The molecule has 0 bridgehead atoms. The zero-order valence-corrected chi connectivity index (χ0v) is 31.0. The number of nitrogens with zero attached hydrogens (tertiary/aromatic N) is 1. The second kappa shape index (κ2) is 13.6. The highest BCUT2D eigenvalue weighted by Crippen LogP contribution is 2.53. The zero-order chi connectivity index (χ0) is 37.7. The Balaban J connectivity index is 1.08. The molecule has 2 aliphatic heterocycles. The first-order valence-corrected chi connectivity index (χ1v) is 19.3. The molecule has 2 aliphatic rings. The maximum absolute atomic E-state index is 7.01. The molecule has 0 spiro atoms. The zero-order valence-electron chi connectivity index (χ0n) is 31.0. The van der Waals surface area contributed by atoms with E-state index in [1.54, 1.807) is 0 Å². The van der Waals surface area contributed by atoms with E-state index in [-0.39, 0.29) is 0 Å². The largest absolute Gasteiger partial charge is 0.456 e. The molecule has 9 aromatic carbocycles. The predicted molar refractivity (Wildman–Crippen MR) is 234 cm³/mol. The summed E-state index contributed by atoms with van der Waals surface area (Å²) in [6, 6.07) is 74.9. The van der Waals surface area contributed by atoms with Gasteiger partial charge in [0.05, 0.1) is 5.69 Å². The number of ether oxygens (including phenoxy) is 2. The Bertz CT molecular complexity index is 2950. The molecule has 0 aromatic heterocycles. The van der Waals surface area contributed by atoms with Crippen molar-refractivity contribution in [1.82, 2.24) is 0 Å². The molecule has 3 heteroatoms. The SMILES string of the molecule is c1ccc(-c2ccc(N(c3ccc(-c4cccc5c4-c4ccccc4Oc4ccccc4-5)cc3)c3cccc4c3Oc3ccccc3-c3ccccc3-4)cc2)cc1. The lowest BCUT2D eigenvalue weighted by molar-refractivity contribution is 0.487. The van der Waals surface area contributed by atoms with Crippen LogP contribution in [0.15, 0.2) is 212 Å². The summed E-state index contributed by atoms with van der Waals surface area (Å²) >= 11 is 0. The first-order chi connectivity index (χ1) is 28.3. The van der Waals surface area contributed by atoms with Crippen LogP contribution in [-0.4, -0.2) is 0 Å². The quantitative estimate of drug-likeness (QED) is 0.176. The summed E-state index contributed by atoms with van der Waals surface area (Å²) in [7, 11) is 0. The molecule has 0 atom stereocenters. The Morgan fingerprint density at radius 1 is 0.263 bits per heavy atom. The molecule has 0 saturated heterocycles. The average Bonchev–Trinajstić information content (AvgIpc) is 3.52. The number of rotatable bonds is 5. The van der Waals surface area contributed by atoms with Crippen LogP contribution < -0.4 is 14.4 Å². The summed E-state index contributed by atoms with van der Waals surface area (Å²) in [4.78, 5) is 2.32. The van der Waals surface area contributed by atoms with Crippen LogP contribution in [0.5, 0.6) is 23.0 Å². The molecule has 0 unspecified atom stereocenters. The van der Waals surface area contributed by atoms with E-state index in [0.29, 0.717) is 0 Å². The van der Waals surface area contributed by atoms with Gasteiger partial charge in [0.25, 0.3) is 0 Å². The Morgan fingerprint density at radius 2 is 0.702 bits per heavy atom. The summed E-state index contributed by atoms with van der Waals surface area (Å²) in [5, 5.41) is 0. The summed E-state index contributed by atoms with van der Waals surface area (Å²) in [6.07, 6.45) is 0. The summed E-state index contributed by atoms with van der Waals surface area (Å²) in [5.41, 5.74) is 16.5. The average molecular weight is 730 g/mol. The molecule has 268 valence electrons. The molecule has 9 aromatic rings.